The second-order valence-corrected chi connectivity index (χ2v) is 3.93. The summed E-state index contributed by atoms with van der Waals surface area (Å²) in [5.74, 6) is 0.552. The van der Waals surface area contributed by atoms with Gasteiger partial charge in [0.2, 0.25) is 0 Å². The molecule has 3 rings (SSSR count). The van der Waals surface area contributed by atoms with Crippen molar-refractivity contribution in [1.29, 1.82) is 0 Å². The van der Waals surface area contributed by atoms with Crippen molar-refractivity contribution < 1.29 is 9.50 Å². The van der Waals surface area contributed by atoms with Gasteiger partial charge in [0.15, 0.2) is 0 Å². The predicted molar refractivity (Wildman–Crippen MR) is 54.0 cm³/mol. The van der Waals surface area contributed by atoms with Crippen LogP contribution in [0.2, 0.25) is 0 Å². The van der Waals surface area contributed by atoms with E-state index in [9.17, 15) is 9.50 Å². The summed E-state index contributed by atoms with van der Waals surface area (Å²) in [6.07, 6.45) is 0.860. The second-order valence-electron chi connectivity index (χ2n) is 3.93. The minimum Gasteiger partial charge on any atom is -0.393 e. The SMILES string of the molecule is OC1CCn2c(nc3cccc(F)c32)C1. The first kappa shape index (κ1) is 8.85. The molecule has 3 nitrogen and oxygen atoms in total. The molecule has 1 aliphatic heterocycles. The van der Waals surface area contributed by atoms with Crippen molar-refractivity contribution in [2.75, 3.05) is 0 Å². The van der Waals surface area contributed by atoms with Crippen LogP contribution in [0.15, 0.2) is 18.2 Å². The zero-order valence-corrected chi connectivity index (χ0v) is 8.15. The van der Waals surface area contributed by atoms with Crippen molar-refractivity contribution in [3.63, 3.8) is 0 Å². The molecule has 1 aliphatic rings. The van der Waals surface area contributed by atoms with Crippen LogP contribution in [0.25, 0.3) is 11.0 Å². The van der Waals surface area contributed by atoms with E-state index < -0.39 is 0 Å². The number of para-hydroxylation sites is 1. The Kier molecular flexibility index (Phi) is 1.79. The molecule has 0 fully saturated rings. The van der Waals surface area contributed by atoms with Crippen molar-refractivity contribution in [2.24, 2.45) is 0 Å². The van der Waals surface area contributed by atoms with E-state index in [0.29, 0.717) is 30.4 Å². The van der Waals surface area contributed by atoms with Crippen LogP contribution in [0.4, 0.5) is 4.39 Å². The molecule has 0 amide bonds. The smallest absolute Gasteiger partial charge is 0.149 e. The third-order valence-electron chi connectivity index (χ3n) is 2.90. The summed E-state index contributed by atoms with van der Waals surface area (Å²) >= 11 is 0. The summed E-state index contributed by atoms with van der Waals surface area (Å²) in [5.41, 5.74) is 1.25. The van der Waals surface area contributed by atoms with E-state index in [-0.39, 0.29) is 11.9 Å². The number of imidazole rings is 1. The third-order valence-corrected chi connectivity index (χ3v) is 2.90. The standard InChI is InChI=1S/C11H11FN2O/c12-8-2-1-3-9-11(8)14-5-4-7(15)6-10(14)13-9/h1-3,7,15H,4-6H2. The lowest BCUT2D eigenvalue weighted by molar-refractivity contribution is 0.142. The van der Waals surface area contributed by atoms with E-state index in [0.717, 1.165) is 5.82 Å². The molecule has 4 heteroatoms. The molecule has 0 aliphatic carbocycles. The number of aliphatic hydroxyl groups excluding tert-OH is 1. The maximum Gasteiger partial charge on any atom is 0.149 e. The number of rotatable bonds is 0. The number of halogens is 1. The second kappa shape index (κ2) is 3.03. The topological polar surface area (TPSA) is 38.0 Å². The molecule has 1 atom stereocenters. The van der Waals surface area contributed by atoms with Gasteiger partial charge in [-0.15, -0.1) is 0 Å². The normalized spacial score (nSPS) is 20.5. The molecule has 1 N–H and O–H groups in total. The molecular formula is C11H11FN2O. The Morgan fingerprint density at radius 2 is 2.33 bits per heavy atom. The molecule has 15 heavy (non-hydrogen) atoms. The molecule has 0 spiro atoms. The highest BCUT2D eigenvalue weighted by Crippen LogP contribution is 2.24. The first-order chi connectivity index (χ1) is 7.25. The van der Waals surface area contributed by atoms with Crippen LogP contribution in [-0.4, -0.2) is 20.8 Å². The van der Waals surface area contributed by atoms with Crippen LogP contribution < -0.4 is 0 Å². The lowest BCUT2D eigenvalue weighted by atomic mass is 10.1. The number of benzene rings is 1. The van der Waals surface area contributed by atoms with Crippen LogP contribution in [0.1, 0.15) is 12.2 Å². The van der Waals surface area contributed by atoms with E-state index >= 15 is 0 Å². The monoisotopic (exact) mass is 206 g/mol. The molecule has 0 bridgehead atoms. The Hall–Kier alpha value is -1.42. The Morgan fingerprint density at radius 3 is 3.20 bits per heavy atom. The third kappa shape index (κ3) is 1.25. The van der Waals surface area contributed by atoms with Crippen molar-refractivity contribution in [2.45, 2.75) is 25.5 Å². The van der Waals surface area contributed by atoms with Crippen molar-refractivity contribution in [3.05, 3.63) is 29.8 Å². The summed E-state index contributed by atoms with van der Waals surface area (Å²) in [5, 5.41) is 9.50. The van der Waals surface area contributed by atoms with Gasteiger partial charge in [-0.2, -0.15) is 0 Å². The Bertz CT molecular complexity index is 521. The summed E-state index contributed by atoms with van der Waals surface area (Å²) in [7, 11) is 0. The minimum atomic E-state index is -0.336. The minimum absolute atomic E-state index is 0.234. The fourth-order valence-corrected chi connectivity index (χ4v) is 2.18. The van der Waals surface area contributed by atoms with Gasteiger partial charge in [0.1, 0.15) is 17.2 Å². The molecule has 1 unspecified atom stereocenters. The number of aliphatic hydroxyl groups is 1. The maximum absolute atomic E-state index is 13.6. The van der Waals surface area contributed by atoms with Crippen LogP contribution >= 0.6 is 0 Å². The van der Waals surface area contributed by atoms with Gasteiger partial charge in [0.25, 0.3) is 0 Å². The van der Waals surface area contributed by atoms with Gasteiger partial charge in [-0.1, -0.05) is 6.07 Å². The maximum atomic E-state index is 13.6. The van der Waals surface area contributed by atoms with Crippen molar-refractivity contribution in [3.8, 4) is 0 Å². The van der Waals surface area contributed by atoms with Gasteiger partial charge in [0.05, 0.1) is 11.6 Å². The molecule has 0 saturated carbocycles. The zero-order chi connectivity index (χ0) is 10.4. The highest BCUT2D eigenvalue weighted by atomic mass is 19.1. The number of nitrogens with zero attached hydrogens (tertiary/aromatic N) is 2. The fourth-order valence-electron chi connectivity index (χ4n) is 2.18. The first-order valence-corrected chi connectivity index (χ1v) is 5.07. The first-order valence-electron chi connectivity index (χ1n) is 5.07. The molecule has 0 saturated heterocycles. The number of fused-ring (bicyclic) bond motifs is 3. The zero-order valence-electron chi connectivity index (χ0n) is 8.15. The molecule has 2 heterocycles. The van der Waals surface area contributed by atoms with Gasteiger partial charge >= 0.3 is 0 Å². The van der Waals surface area contributed by atoms with Gasteiger partial charge in [0, 0.05) is 13.0 Å². The highest BCUT2D eigenvalue weighted by Gasteiger charge is 2.21. The van der Waals surface area contributed by atoms with E-state index in [1.165, 1.54) is 6.07 Å². The average Bonchev–Trinajstić information content (AvgIpc) is 2.56. The van der Waals surface area contributed by atoms with Gasteiger partial charge in [-0.05, 0) is 18.6 Å². The Labute approximate surface area is 86.2 Å². The number of hydrogen-bond donors (Lipinski definition) is 1. The van der Waals surface area contributed by atoms with Gasteiger partial charge in [-0.3, -0.25) is 0 Å². The van der Waals surface area contributed by atoms with E-state index in [1.807, 2.05) is 4.57 Å². The fraction of sp³-hybridized carbons (Fsp3) is 0.364. The predicted octanol–water partition coefficient (Wildman–Crippen LogP) is 1.48. The van der Waals surface area contributed by atoms with Crippen LogP contribution in [0.5, 0.6) is 0 Å². The van der Waals surface area contributed by atoms with Crippen molar-refractivity contribution >= 4 is 11.0 Å². The largest absolute Gasteiger partial charge is 0.393 e. The summed E-state index contributed by atoms with van der Waals surface area (Å²) in [6.45, 7) is 0.647. The quantitative estimate of drug-likeness (QED) is 0.709. The molecule has 1 aromatic heterocycles. The van der Waals surface area contributed by atoms with E-state index in [4.69, 9.17) is 0 Å². The Balaban J connectivity index is 2.29. The number of aromatic nitrogens is 2. The summed E-state index contributed by atoms with van der Waals surface area (Å²) in [4.78, 5) is 4.33. The van der Waals surface area contributed by atoms with Crippen LogP contribution in [-0.2, 0) is 13.0 Å². The highest BCUT2D eigenvalue weighted by molar-refractivity contribution is 5.76. The average molecular weight is 206 g/mol. The molecule has 1 aromatic carbocycles. The van der Waals surface area contributed by atoms with Gasteiger partial charge < -0.3 is 9.67 Å². The molecule has 0 radical (unpaired) electrons. The summed E-state index contributed by atoms with van der Waals surface area (Å²) < 4.78 is 15.5. The molecule has 2 aromatic rings. The van der Waals surface area contributed by atoms with Crippen LogP contribution in [0.3, 0.4) is 0 Å². The van der Waals surface area contributed by atoms with Crippen molar-refractivity contribution in [1.82, 2.24) is 9.55 Å². The summed E-state index contributed by atoms with van der Waals surface area (Å²) in [6, 6.07) is 4.91. The van der Waals surface area contributed by atoms with E-state index in [2.05, 4.69) is 4.98 Å². The number of hydrogen-bond acceptors (Lipinski definition) is 2. The van der Waals surface area contributed by atoms with Gasteiger partial charge in [-0.25, -0.2) is 9.37 Å². The molecule has 78 valence electrons. The number of aryl methyl sites for hydroxylation is 1. The lowest BCUT2D eigenvalue weighted by Crippen LogP contribution is -2.23. The van der Waals surface area contributed by atoms with Crippen LogP contribution in [0, 0.1) is 5.82 Å². The van der Waals surface area contributed by atoms with E-state index in [1.54, 1.807) is 12.1 Å². The Morgan fingerprint density at radius 1 is 1.47 bits per heavy atom. The molecular weight excluding hydrogens is 195 g/mol. The lowest BCUT2D eigenvalue weighted by Gasteiger charge is -2.19.